The van der Waals surface area contributed by atoms with E-state index in [2.05, 4.69) is 4.98 Å². The average molecular weight is 291 g/mol. The first-order valence-corrected chi connectivity index (χ1v) is 6.03. The molecular formula is C11H12Cl2N2O3. The number of hydrogen-bond donors (Lipinski definition) is 1. The van der Waals surface area contributed by atoms with Gasteiger partial charge in [-0.25, -0.2) is 4.98 Å². The van der Waals surface area contributed by atoms with Gasteiger partial charge in [-0.1, -0.05) is 23.2 Å². The molecule has 0 radical (unpaired) electrons. The molecule has 1 aromatic heterocycles. The first-order valence-electron chi connectivity index (χ1n) is 5.27. The molecule has 0 aliphatic carbocycles. The summed E-state index contributed by atoms with van der Waals surface area (Å²) >= 11 is 11.6. The fraction of sp³-hybridized carbons (Fsp3) is 0.364. The molecule has 0 saturated heterocycles. The van der Waals surface area contributed by atoms with Gasteiger partial charge < -0.3 is 10.0 Å². The lowest BCUT2D eigenvalue weighted by Gasteiger charge is -2.20. The van der Waals surface area contributed by atoms with Crippen LogP contribution in [0.5, 0.6) is 0 Å². The van der Waals surface area contributed by atoms with Crippen molar-refractivity contribution in [1.82, 2.24) is 9.88 Å². The number of carboxylic acid groups (broad SMARTS) is 1. The second-order valence-corrected chi connectivity index (χ2v) is 4.31. The number of halogens is 2. The lowest BCUT2D eigenvalue weighted by molar-refractivity contribution is -0.137. The molecule has 1 rings (SSSR count). The van der Waals surface area contributed by atoms with Crippen LogP contribution >= 0.6 is 23.2 Å². The third kappa shape index (κ3) is 3.85. The Hall–Kier alpha value is -1.33. The molecule has 0 unspecified atom stereocenters. The summed E-state index contributed by atoms with van der Waals surface area (Å²) in [6.07, 6.45) is 1.18. The number of nitrogens with zero attached hydrogens (tertiary/aromatic N) is 2. The molecule has 98 valence electrons. The molecule has 0 aliphatic heterocycles. The third-order valence-corrected chi connectivity index (χ3v) is 2.82. The number of aliphatic carboxylic acids is 1. The molecule has 5 nitrogen and oxygen atoms in total. The van der Waals surface area contributed by atoms with Gasteiger partial charge in [0.1, 0.15) is 5.15 Å². The maximum Gasteiger partial charge on any atom is 0.305 e. The van der Waals surface area contributed by atoms with Crippen LogP contribution in [0, 0.1) is 0 Å². The Kier molecular flexibility index (Phi) is 5.37. The number of carbonyl (C=O) groups excluding carboxylic acids is 1. The van der Waals surface area contributed by atoms with Crippen LogP contribution in [-0.2, 0) is 4.79 Å². The predicted octanol–water partition coefficient (Wildman–Crippen LogP) is 2.33. The Morgan fingerprint density at radius 3 is 2.67 bits per heavy atom. The molecule has 1 amide bonds. The average Bonchev–Trinajstić information content (AvgIpc) is 2.32. The van der Waals surface area contributed by atoms with Crippen molar-refractivity contribution in [3.8, 4) is 0 Å². The van der Waals surface area contributed by atoms with Crippen LogP contribution in [0.25, 0.3) is 0 Å². The van der Waals surface area contributed by atoms with E-state index >= 15 is 0 Å². The molecule has 0 fully saturated rings. The standard InChI is InChI=1S/C11H12Cl2N2O3/c1-2-15(4-3-10(16)17)11(18)7-5-9(13)14-6-8(7)12/h5-6H,2-4H2,1H3,(H,16,17). The van der Waals surface area contributed by atoms with Crippen molar-refractivity contribution in [2.75, 3.05) is 13.1 Å². The van der Waals surface area contributed by atoms with Crippen LogP contribution in [0.1, 0.15) is 23.7 Å². The molecular weight excluding hydrogens is 279 g/mol. The molecule has 7 heteroatoms. The van der Waals surface area contributed by atoms with Gasteiger partial charge in [-0.2, -0.15) is 0 Å². The van der Waals surface area contributed by atoms with Gasteiger partial charge in [0.05, 0.1) is 17.0 Å². The predicted molar refractivity (Wildman–Crippen MR) is 68.1 cm³/mol. The lowest BCUT2D eigenvalue weighted by atomic mass is 10.2. The van der Waals surface area contributed by atoms with Crippen LogP contribution in [0.4, 0.5) is 0 Å². The number of amides is 1. The smallest absolute Gasteiger partial charge is 0.305 e. The van der Waals surface area contributed by atoms with Gasteiger partial charge >= 0.3 is 5.97 Å². The van der Waals surface area contributed by atoms with Crippen LogP contribution in [-0.4, -0.2) is 40.0 Å². The van der Waals surface area contributed by atoms with E-state index in [1.165, 1.54) is 17.2 Å². The van der Waals surface area contributed by atoms with Crippen LogP contribution in [0.15, 0.2) is 12.3 Å². The zero-order valence-corrected chi connectivity index (χ0v) is 11.2. The molecule has 1 heterocycles. The van der Waals surface area contributed by atoms with E-state index in [9.17, 15) is 9.59 Å². The number of hydrogen-bond acceptors (Lipinski definition) is 3. The number of pyridine rings is 1. The van der Waals surface area contributed by atoms with E-state index in [4.69, 9.17) is 28.3 Å². The summed E-state index contributed by atoms with van der Waals surface area (Å²) in [5.74, 6) is -1.31. The van der Waals surface area contributed by atoms with Crippen molar-refractivity contribution in [3.05, 3.63) is 28.0 Å². The van der Waals surface area contributed by atoms with Gasteiger partial charge in [0.2, 0.25) is 0 Å². The number of carbonyl (C=O) groups is 2. The van der Waals surface area contributed by atoms with Crippen molar-refractivity contribution < 1.29 is 14.7 Å². The minimum Gasteiger partial charge on any atom is -0.481 e. The van der Waals surface area contributed by atoms with Gasteiger partial charge in [0.25, 0.3) is 5.91 Å². The van der Waals surface area contributed by atoms with E-state index in [0.29, 0.717) is 6.54 Å². The Labute approximate surface area is 114 Å². The van der Waals surface area contributed by atoms with Gasteiger partial charge in [-0.3, -0.25) is 9.59 Å². The summed E-state index contributed by atoms with van der Waals surface area (Å²) in [4.78, 5) is 27.8. The Bertz CT molecular complexity index is 466. The normalized spacial score (nSPS) is 10.2. The summed E-state index contributed by atoms with van der Waals surface area (Å²) in [5, 5.41) is 8.97. The van der Waals surface area contributed by atoms with E-state index < -0.39 is 5.97 Å². The third-order valence-electron chi connectivity index (χ3n) is 2.32. The van der Waals surface area contributed by atoms with Gasteiger partial charge in [0, 0.05) is 19.3 Å². The maximum absolute atomic E-state index is 12.1. The molecule has 18 heavy (non-hydrogen) atoms. The number of rotatable bonds is 5. The highest BCUT2D eigenvalue weighted by atomic mass is 35.5. The minimum absolute atomic E-state index is 0.115. The van der Waals surface area contributed by atoms with Crippen LogP contribution < -0.4 is 0 Å². The minimum atomic E-state index is -0.958. The number of aromatic nitrogens is 1. The lowest BCUT2D eigenvalue weighted by Crippen LogP contribution is -2.33. The molecule has 0 aliphatic rings. The van der Waals surface area contributed by atoms with Crippen molar-refractivity contribution in [1.29, 1.82) is 0 Å². The quantitative estimate of drug-likeness (QED) is 0.845. The molecule has 0 atom stereocenters. The summed E-state index contributed by atoms with van der Waals surface area (Å²) in [6.45, 7) is 2.28. The maximum atomic E-state index is 12.1. The Balaban J connectivity index is 2.89. The zero-order valence-electron chi connectivity index (χ0n) is 9.69. The Morgan fingerprint density at radius 1 is 1.44 bits per heavy atom. The van der Waals surface area contributed by atoms with Gasteiger partial charge in [-0.15, -0.1) is 0 Å². The second-order valence-electron chi connectivity index (χ2n) is 3.52. The molecule has 0 aromatic carbocycles. The highest BCUT2D eigenvalue weighted by Crippen LogP contribution is 2.20. The molecule has 0 saturated carbocycles. The largest absolute Gasteiger partial charge is 0.481 e. The van der Waals surface area contributed by atoms with Crippen molar-refractivity contribution >= 4 is 35.1 Å². The van der Waals surface area contributed by atoms with Crippen molar-refractivity contribution in [2.45, 2.75) is 13.3 Å². The van der Waals surface area contributed by atoms with Gasteiger partial charge in [-0.05, 0) is 13.0 Å². The SMILES string of the molecule is CCN(CCC(=O)O)C(=O)c1cc(Cl)ncc1Cl. The monoisotopic (exact) mass is 290 g/mol. The molecule has 0 spiro atoms. The van der Waals surface area contributed by atoms with E-state index in [0.717, 1.165) is 0 Å². The fourth-order valence-corrected chi connectivity index (χ4v) is 1.72. The van der Waals surface area contributed by atoms with Crippen molar-refractivity contribution in [2.24, 2.45) is 0 Å². The van der Waals surface area contributed by atoms with Crippen LogP contribution in [0.3, 0.4) is 0 Å². The van der Waals surface area contributed by atoms with Gasteiger partial charge in [0.15, 0.2) is 0 Å². The highest BCUT2D eigenvalue weighted by Gasteiger charge is 2.18. The fourth-order valence-electron chi connectivity index (χ4n) is 1.38. The highest BCUT2D eigenvalue weighted by molar-refractivity contribution is 6.35. The van der Waals surface area contributed by atoms with E-state index in [1.807, 2.05) is 0 Å². The summed E-state index contributed by atoms with van der Waals surface area (Å²) < 4.78 is 0. The summed E-state index contributed by atoms with van der Waals surface area (Å²) in [5.41, 5.74) is 0.226. The topological polar surface area (TPSA) is 70.5 Å². The summed E-state index contributed by atoms with van der Waals surface area (Å²) in [6, 6.07) is 1.37. The molecule has 1 aromatic rings. The zero-order chi connectivity index (χ0) is 13.7. The first-order chi connectivity index (χ1) is 8.45. The van der Waals surface area contributed by atoms with E-state index in [-0.39, 0.29) is 34.6 Å². The van der Waals surface area contributed by atoms with Crippen LogP contribution in [0.2, 0.25) is 10.2 Å². The molecule has 0 bridgehead atoms. The van der Waals surface area contributed by atoms with Crippen molar-refractivity contribution in [3.63, 3.8) is 0 Å². The first kappa shape index (κ1) is 14.7. The number of carboxylic acids is 1. The van der Waals surface area contributed by atoms with E-state index in [1.54, 1.807) is 6.92 Å². The Morgan fingerprint density at radius 2 is 2.11 bits per heavy atom. The second kappa shape index (κ2) is 6.56. The summed E-state index contributed by atoms with van der Waals surface area (Å²) in [7, 11) is 0. The molecule has 1 N–H and O–H groups in total.